The van der Waals surface area contributed by atoms with Gasteiger partial charge in [0.2, 0.25) is 0 Å². The van der Waals surface area contributed by atoms with Crippen LogP contribution in [0.1, 0.15) is 18.1 Å². The number of nitrogens with two attached hydrogens (primary N) is 1. The molecule has 0 fully saturated rings. The maximum absolute atomic E-state index is 5.52. The maximum atomic E-state index is 5.52. The summed E-state index contributed by atoms with van der Waals surface area (Å²) in [7, 11) is 0. The lowest BCUT2D eigenvalue weighted by Crippen LogP contribution is -2.25. The highest BCUT2D eigenvalue weighted by Crippen LogP contribution is 2.21. The van der Waals surface area contributed by atoms with Crippen LogP contribution in [0.5, 0.6) is 0 Å². The first-order chi connectivity index (χ1) is 6.79. The van der Waals surface area contributed by atoms with Crippen LogP contribution in [0.4, 0.5) is 5.82 Å². The summed E-state index contributed by atoms with van der Waals surface area (Å²) in [5.74, 6) is 0.882. The van der Waals surface area contributed by atoms with E-state index in [9.17, 15) is 0 Å². The van der Waals surface area contributed by atoms with E-state index < -0.39 is 0 Å². The van der Waals surface area contributed by atoms with E-state index in [4.69, 9.17) is 10.5 Å². The van der Waals surface area contributed by atoms with Crippen molar-refractivity contribution < 1.29 is 4.74 Å². The number of hydrogen-bond acceptors (Lipinski definition) is 4. The summed E-state index contributed by atoms with van der Waals surface area (Å²) in [6.07, 6.45) is 1.87. The molecule has 1 aromatic heterocycles. The molecule has 0 radical (unpaired) electrons. The number of ether oxygens (including phenoxy) is 1. The number of rotatable bonds is 3. The Hall–Kier alpha value is -1.13. The normalized spacial score (nSPS) is 16.4. The second kappa shape index (κ2) is 3.94. The van der Waals surface area contributed by atoms with Crippen molar-refractivity contribution in [2.24, 2.45) is 5.73 Å². The fourth-order valence-electron chi connectivity index (χ4n) is 1.45. The molecule has 0 bridgehead atoms. The minimum atomic E-state index is 0.253. The molecule has 0 spiro atoms. The minimum absolute atomic E-state index is 0.253. The number of fused-ring (bicyclic) bond motifs is 1. The molecule has 0 saturated heterocycles. The van der Waals surface area contributed by atoms with Crippen molar-refractivity contribution in [3.05, 3.63) is 23.4 Å². The van der Waals surface area contributed by atoms with E-state index in [1.165, 1.54) is 11.1 Å². The SMILES string of the molecule is CC(CN)Nc1cc2c(cn1)COC2. The predicted molar refractivity (Wildman–Crippen MR) is 54.9 cm³/mol. The standard InChI is InChI=1S/C10H15N3O/c1-7(3-11)13-10-2-8-5-14-6-9(8)4-12-10/h2,4,7H,3,5-6,11H2,1H3,(H,12,13). The highest BCUT2D eigenvalue weighted by molar-refractivity contribution is 5.42. The van der Waals surface area contributed by atoms with Crippen molar-refractivity contribution >= 4 is 5.82 Å². The first-order valence-electron chi connectivity index (χ1n) is 4.81. The molecular formula is C10H15N3O. The van der Waals surface area contributed by atoms with Crippen LogP contribution >= 0.6 is 0 Å². The Morgan fingerprint density at radius 1 is 1.57 bits per heavy atom. The van der Waals surface area contributed by atoms with Gasteiger partial charge in [0.25, 0.3) is 0 Å². The fourth-order valence-corrected chi connectivity index (χ4v) is 1.45. The van der Waals surface area contributed by atoms with Crippen molar-refractivity contribution in [2.45, 2.75) is 26.2 Å². The largest absolute Gasteiger partial charge is 0.372 e. The predicted octanol–water partition coefficient (Wildman–Crippen LogP) is 0.871. The van der Waals surface area contributed by atoms with Crippen molar-refractivity contribution in [3.63, 3.8) is 0 Å². The van der Waals surface area contributed by atoms with Crippen LogP contribution in [0.25, 0.3) is 0 Å². The molecule has 2 rings (SSSR count). The van der Waals surface area contributed by atoms with Crippen LogP contribution in [0, 0.1) is 0 Å². The third kappa shape index (κ3) is 1.86. The van der Waals surface area contributed by atoms with Gasteiger partial charge in [0.15, 0.2) is 0 Å². The molecule has 1 aromatic rings. The molecule has 4 heteroatoms. The highest BCUT2D eigenvalue weighted by atomic mass is 16.5. The van der Waals surface area contributed by atoms with Gasteiger partial charge in [-0.25, -0.2) is 4.98 Å². The summed E-state index contributed by atoms with van der Waals surface area (Å²) in [5, 5.41) is 3.23. The minimum Gasteiger partial charge on any atom is -0.372 e. The van der Waals surface area contributed by atoms with Gasteiger partial charge < -0.3 is 15.8 Å². The van der Waals surface area contributed by atoms with Gasteiger partial charge >= 0.3 is 0 Å². The van der Waals surface area contributed by atoms with E-state index in [0.29, 0.717) is 19.8 Å². The number of aromatic nitrogens is 1. The van der Waals surface area contributed by atoms with Gasteiger partial charge in [-0.3, -0.25) is 0 Å². The number of anilines is 1. The Bertz CT molecular complexity index is 327. The van der Waals surface area contributed by atoms with Crippen LogP contribution in [-0.4, -0.2) is 17.6 Å². The third-order valence-corrected chi connectivity index (χ3v) is 2.35. The smallest absolute Gasteiger partial charge is 0.126 e. The first-order valence-corrected chi connectivity index (χ1v) is 4.81. The fraction of sp³-hybridized carbons (Fsp3) is 0.500. The highest BCUT2D eigenvalue weighted by Gasteiger charge is 2.12. The third-order valence-electron chi connectivity index (χ3n) is 2.35. The molecule has 0 aliphatic carbocycles. The van der Waals surface area contributed by atoms with Crippen LogP contribution in [-0.2, 0) is 18.0 Å². The second-order valence-electron chi connectivity index (χ2n) is 3.61. The zero-order chi connectivity index (χ0) is 9.97. The Morgan fingerprint density at radius 2 is 2.36 bits per heavy atom. The van der Waals surface area contributed by atoms with E-state index in [2.05, 4.69) is 10.3 Å². The van der Waals surface area contributed by atoms with Gasteiger partial charge in [0.05, 0.1) is 13.2 Å². The van der Waals surface area contributed by atoms with Crippen LogP contribution in [0.2, 0.25) is 0 Å². The van der Waals surface area contributed by atoms with Gasteiger partial charge in [-0.2, -0.15) is 0 Å². The number of nitrogens with zero attached hydrogens (tertiary/aromatic N) is 1. The van der Waals surface area contributed by atoms with E-state index in [1.807, 2.05) is 19.2 Å². The Morgan fingerprint density at radius 3 is 3.14 bits per heavy atom. The molecule has 76 valence electrons. The number of pyridine rings is 1. The van der Waals surface area contributed by atoms with Crippen molar-refractivity contribution in [1.29, 1.82) is 0 Å². The summed E-state index contributed by atoms with van der Waals surface area (Å²) < 4.78 is 5.31. The zero-order valence-electron chi connectivity index (χ0n) is 8.29. The topological polar surface area (TPSA) is 60.2 Å². The van der Waals surface area contributed by atoms with E-state index in [0.717, 1.165) is 5.82 Å². The van der Waals surface area contributed by atoms with Crippen LogP contribution in [0.15, 0.2) is 12.3 Å². The lowest BCUT2D eigenvalue weighted by Gasteiger charge is -2.12. The van der Waals surface area contributed by atoms with Crippen molar-refractivity contribution in [3.8, 4) is 0 Å². The summed E-state index contributed by atoms with van der Waals surface area (Å²) in [5.41, 5.74) is 7.94. The molecule has 14 heavy (non-hydrogen) atoms. The first kappa shape index (κ1) is 9.43. The lowest BCUT2D eigenvalue weighted by atomic mass is 10.2. The molecule has 1 atom stereocenters. The van der Waals surface area contributed by atoms with Crippen LogP contribution < -0.4 is 11.1 Å². The summed E-state index contributed by atoms with van der Waals surface area (Å²) in [4.78, 5) is 4.29. The van der Waals surface area contributed by atoms with E-state index in [1.54, 1.807) is 0 Å². The molecule has 3 N–H and O–H groups in total. The molecule has 1 unspecified atom stereocenters. The zero-order valence-corrected chi connectivity index (χ0v) is 8.29. The molecule has 0 aromatic carbocycles. The second-order valence-corrected chi connectivity index (χ2v) is 3.61. The number of hydrogen-bond donors (Lipinski definition) is 2. The number of nitrogens with one attached hydrogen (secondary N) is 1. The molecule has 2 heterocycles. The van der Waals surface area contributed by atoms with Gasteiger partial charge in [0, 0.05) is 24.3 Å². The molecule has 4 nitrogen and oxygen atoms in total. The van der Waals surface area contributed by atoms with Gasteiger partial charge in [-0.05, 0) is 18.6 Å². The Kier molecular flexibility index (Phi) is 2.65. The quantitative estimate of drug-likeness (QED) is 0.747. The Balaban J connectivity index is 2.12. The molecule has 1 aliphatic rings. The maximum Gasteiger partial charge on any atom is 0.126 e. The van der Waals surface area contributed by atoms with Gasteiger partial charge in [0.1, 0.15) is 5.82 Å². The molecule has 0 saturated carbocycles. The average Bonchev–Trinajstić information content (AvgIpc) is 2.64. The van der Waals surface area contributed by atoms with Crippen molar-refractivity contribution in [1.82, 2.24) is 4.98 Å². The summed E-state index contributed by atoms with van der Waals surface area (Å²) in [6, 6.07) is 2.29. The van der Waals surface area contributed by atoms with E-state index in [-0.39, 0.29) is 6.04 Å². The molecular weight excluding hydrogens is 178 g/mol. The monoisotopic (exact) mass is 193 g/mol. The van der Waals surface area contributed by atoms with Gasteiger partial charge in [-0.15, -0.1) is 0 Å². The van der Waals surface area contributed by atoms with E-state index >= 15 is 0 Å². The Labute approximate surface area is 83.5 Å². The summed E-state index contributed by atoms with van der Waals surface area (Å²) in [6.45, 7) is 4.03. The average molecular weight is 193 g/mol. The lowest BCUT2D eigenvalue weighted by molar-refractivity contribution is 0.134. The summed E-state index contributed by atoms with van der Waals surface area (Å²) >= 11 is 0. The van der Waals surface area contributed by atoms with Crippen LogP contribution in [0.3, 0.4) is 0 Å². The van der Waals surface area contributed by atoms with Crippen molar-refractivity contribution in [2.75, 3.05) is 11.9 Å². The van der Waals surface area contributed by atoms with Gasteiger partial charge in [-0.1, -0.05) is 0 Å². The molecule has 1 aliphatic heterocycles. The molecule has 0 amide bonds.